The molecule has 0 radical (unpaired) electrons. The highest BCUT2D eigenvalue weighted by molar-refractivity contribution is 5.77. The zero-order valence-electron chi connectivity index (χ0n) is 5.37. The first-order valence-electron chi connectivity index (χ1n) is 2.44. The average Bonchev–Trinajstić information content (AvgIpc) is 1.85. The quantitative estimate of drug-likeness (QED) is 0.483. The molecule has 0 heterocycles. The van der Waals surface area contributed by atoms with Crippen LogP contribution < -0.4 is 11.6 Å². The molecule has 0 aromatic carbocycles. The molecular weight excluding hydrogens is 140 g/mol. The number of nitrogens with two attached hydrogens (primary N) is 2. The van der Waals surface area contributed by atoms with Gasteiger partial charge in [-0.2, -0.15) is 5.90 Å². The highest BCUT2D eigenvalue weighted by atomic mass is 16.7. The van der Waals surface area contributed by atoms with Crippen molar-refractivity contribution in [1.82, 2.24) is 0 Å². The Hall–Kier alpha value is -1.30. The standard InChI is InChI=1S/C4H8N2O4/c1-2(3(7)10-6)9-4(5)8/h2H,6H2,1H3,(H2,5,8). The van der Waals surface area contributed by atoms with Gasteiger partial charge in [0.15, 0.2) is 6.10 Å². The molecule has 0 saturated heterocycles. The van der Waals surface area contributed by atoms with Crippen LogP contribution in [-0.4, -0.2) is 18.2 Å². The third-order valence-corrected chi connectivity index (χ3v) is 0.741. The smallest absolute Gasteiger partial charge is 0.405 e. The normalized spacial score (nSPS) is 11.8. The van der Waals surface area contributed by atoms with Crippen LogP contribution in [0.4, 0.5) is 4.79 Å². The number of rotatable bonds is 2. The Morgan fingerprint density at radius 3 is 2.30 bits per heavy atom. The van der Waals surface area contributed by atoms with Gasteiger partial charge in [-0.15, -0.1) is 0 Å². The van der Waals surface area contributed by atoms with Gasteiger partial charge in [-0.3, -0.25) is 0 Å². The Kier molecular flexibility index (Phi) is 3.20. The number of hydrogen-bond acceptors (Lipinski definition) is 5. The van der Waals surface area contributed by atoms with Crippen molar-refractivity contribution in [3.8, 4) is 0 Å². The van der Waals surface area contributed by atoms with Crippen molar-refractivity contribution in [1.29, 1.82) is 0 Å². The molecular formula is C4H8N2O4. The van der Waals surface area contributed by atoms with Gasteiger partial charge in [0.1, 0.15) is 0 Å². The number of carbonyl (C=O) groups is 2. The summed E-state index contributed by atoms with van der Waals surface area (Å²) in [6, 6.07) is 0. The molecule has 6 nitrogen and oxygen atoms in total. The number of amides is 1. The second-order valence-corrected chi connectivity index (χ2v) is 1.52. The van der Waals surface area contributed by atoms with E-state index < -0.39 is 18.2 Å². The van der Waals surface area contributed by atoms with E-state index in [0.717, 1.165) is 0 Å². The van der Waals surface area contributed by atoms with Crippen LogP contribution in [0.5, 0.6) is 0 Å². The van der Waals surface area contributed by atoms with E-state index in [-0.39, 0.29) is 0 Å². The van der Waals surface area contributed by atoms with Gasteiger partial charge in [0.05, 0.1) is 0 Å². The molecule has 0 rings (SSSR count). The summed E-state index contributed by atoms with van der Waals surface area (Å²) in [4.78, 5) is 24.1. The maximum absolute atomic E-state index is 10.4. The van der Waals surface area contributed by atoms with E-state index in [1.807, 2.05) is 0 Å². The minimum absolute atomic E-state index is 0.848. The highest BCUT2D eigenvalue weighted by Gasteiger charge is 2.16. The molecule has 58 valence electrons. The Bertz CT molecular complexity index is 146. The van der Waals surface area contributed by atoms with Crippen molar-refractivity contribution in [2.75, 3.05) is 0 Å². The van der Waals surface area contributed by atoms with E-state index in [0.29, 0.717) is 0 Å². The second kappa shape index (κ2) is 3.67. The predicted octanol–water partition coefficient (Wildman–Crippen LogP) is -1.11. The topological polar surface area (TPSA) is 105 Å². The van der Waals surface area contributed by atoms with Crippen LogP contribution in [0.2, 0.25) is 0 Å². The second-order valence-electron chi connectivity index (χ2n) is 1.52. The molecule has 1 unspecified atom stereocenters. The van der Waals surface area contributed by atoms with Crippen molar-refractivity contribution >= 4 is 12.1 Å². The fraction of sp³-hybridized carbons (Fsp3) is 0.500. The first-order chi connectivity index (χ1) is 4.57. The van der Waals surface area contributed by atoms with Crippen LogP contribution in [0.25, 0.3) is 0 Å². The summed E-state index contributed by atoms with van der Waals surface area (Å²) in [5.74, 6) is 3.62. The molecule has 0 saturated carbocycles. The van der Waals surface area contributed by atoms with Crippen molar-refractivity contribution in [3.05, 3.63) is 0 Å². The Morgan fingerprint density at radius 1 is 1.50 bits per heavy atom. The largest absolute Gasteiger partial charge is 0.435 e. The van der Waals surface area contributed by atoms with Gasteiger partial charge in [0.25, 0.3) is 0 Å². The van der Waals surface area contributed by atoms with Crippen LogP contribution >= 0.6 is 0 Å². The van der Waals surface area contributed by atoms with Crippen molar-refractivity contribution in [3.63, 3.8) is 0 Å². The molecule has 0 fully saturated rings. The lowest BCUT2D eigenvalue weighted by molar-refractivity contribution is -0.153. The molecule has 0 aliphatic carbocycles. The van der Waals surface area contributed by atoms with Gasteiger partial charge in [0, 0.05) is 0 Å². The number of ether oxygens (including phenoxy) is 1. The van der Waals surface area contributed by atoms with Crippen LogP contribution in [0.15, 0.2) is 0 Å². The molecule has 4 N–H and O–H groups in total. The fourth-order valence-electron chi connectivity index (χ4n) is 0.318. The van der Waals surface area contributed by atoms with E-state index in [9.17, 15) is 9.59 Å². The summed E-state index contributed by atoms with van der Waals surface area (Å²) in [5.41, 5.74) is 4.58. The summed E-state index contributed by atoms with van der Waals surface area (Å²) < 4.78 is 4.19. The summed E-state index contributed by atoms with van der Waals surface area (Å²) in [7, 11) is 0. The Balaban J connectivity index is 3.72. The molecule has 0 aliphatic rings. The Morgan fingerprint density at radius 2 is 2.00 bits per heavy atom. The molecule has 6 heteroatoms. The molecule has 10 heavy (non-hydrogen) atoms. The summed E-state index contributed by atoms with van der Waals surface area (Å²) in [6.07, 6.45) is -2.10. The third-order valence-electron chi connectivity index (χ3n) is 0.741. The van der Waals surface area contributed by atoms with E-state index in [2.05, 4.69) is 21.2 Å². The predicted molar refractivity (Wildman–Crippen MR) is 30.4 cm³/mol. The number of hydrogen-bond donors (Lipinski definition) is 2. The lowest BCUT2D eigenvalue weighted by Gasteiger charge is -2.06. The summed E-state index contributed by atoms with van der Waals surface area (Å²) in [6.45, 7) is 1.29. The third kappa shape index (κ3) is 2.88. The maximum Gasteiger partial charge on any atom is 0.405 e. The minimum Gasteiger partial charge on any atom is -0.435 e. The van der Waals surface area contributed by atoms with Crippen molar-refractivity contribution < 1.29 is 19.2 Å². The maximum atomic E-state index is 10.4. The van der Waals surface area contributed by atoms with Crippen LogP contribution in [0.3, 0.4) is 0 Å². The number of carbonyl (C=O) groups excluding carboxylic acids is 2. The van der Waals surface area contributed by atoms with E-state index in [4.69, 9.17) is 0 Å². The van der Waals surface area contributed by atoms with Crippen molar-refractivity contribution in [2.24, 2.45) is 11.6 Å². The highest BCUT2D eigenvalue weighted by Crippen LogP contribution is 1.90. The van der Waals surface area contributed by atoms with Gasteiger partial charge < -0.3 is 15.3 Å². The van der Waals surface area contributed by atoms with Gasteiger partial charge in [0.2, 0.25) is 0 Å². The number of primary amides is 1. The first kappa shape index (κ1) is 8.70. The zero-order chi connectivity index (χ0) is 8.15. The fourth-order valence-corrected chi connectivity index (χ4v) is 0.318. The van der Waals surface area contributed by atoms with Crippen LogP contribution in [0, 0.1) is 0 Å². The molecule has 0 bridgehead atoms. The molecule has 0 aromatic heterocycles. The van der Waals surface area contributed by atoms with E-state index >= 15 is 0 Å². The van der Waals surface area contributed by atoms with E-state index in [1.54, 1.807) is 0 Å². The SMILES string of the molecule is CC(OC(N)=O)C(=O)ON. The molecule has 0 aliphatic heterocycles. The molecule has 1 atom stereocenters. The van der Waals surface area contributed by atoms with E-state index in [1.165, 1.54) is 6.92 Å². The monoisotopic (exact) mass is 148 g/mol. The lowest BCUT2D eigenvalue weighted by atomic mass is 10.4. The first-order valence-corrected chi connectivity index (χ1v) is 2.44. The summed E-state index contributed by atoms with van der Waals surface area (Å²) >= 11 is 0. The lowest BCUT2D eigenvalue weighted by Crippen LogP contribution is -2.30. The molecule has 1 amide bonds. The van der Waals surface area contributed by atoms with Gasteiger partial charge >= 0.3 is 12.1 Å². The minimum atomic E-state index is -1.05. The summed E-state index contributed by atoms with van der Waals surface area (Å²) in [5, 5.41) is 0. The van der Waals surface area contributed by atoms with Gasteiger partial charge in [-0.25, -0.2) is 9.59 Å². The average molecular weight is 148 g/mol. The van der Waals surface area contributed by atoms with Crippen LogP contribution in [0.1, 0.15) is 6.92 Å². The Labute approximate surface area is 57.0 Å². The van der Waals surface area contributed by atoms with Gasteiger partial charge in [-0.1, -0.05) is 0 Å². The van der Waals surface area contributed by atoms with Crippen LogP contribution in [-0.2, 0) is 14.4 Å². The van der Waals surface area contributed by atoms with Gasteiger partial charge in [-0.05, 0) is 6.92 Å². The molecule has 0 spiro atoms. The molecule has 0 aromatic rings. The zero-order valence-corrected chi connectivity index (χ0v) is 5.37. The van der Waals surface area contributed by atoms with Crippen molar-refractivity contribution in [2.45, 2.75) is 13.0 Å².